The molecular formula is C14H30N2O. The Kier molecular flexibility index (Phi) is 3.98. The van der Waals surface area contributed by atoms with Crippen molar-refractivity contribution < 1.29 is 4.74 Å². The number of rotatable bonds is 4. The van der Waals surface area contributed by atoms with Crippen LogP contribution in [0.3, 0.4) is 0 Å². The van der Waals surface area contributed by atoms with Crippen molar-refractivity contribution in [2.75, 3.05) is 20.1 Å². The normalized spacial score (nSPS) is 31.4. The molecule has 1 unspecified atom stereocenters. The molecule has 0 saturated carbocycles. The van der Waals surface area contributed by atoms with Crippen LogP contribution >= 0.6 is 0 Å². The minimum absolute atomic E-state index is 0.0548. The molecule has 2 N–H and O–H groups in total. The van der Waals surface area contributed by atoms with Gasteiger partial charge in [-0.3, -0.25) is 4.90 Å². The maximum atomic E-state index is 6.22. The summed E-state index contributed by atoms with van der Waals surface area (Å²) in [6.07, 6.45) is 0.993. The molecule has 1 saturated heterocycles. The summed E-state index contributed by atoms with van der Waals surface area (Å²) in [6.45, 7) is 14.9. The lowest BCUT2D eigenvalue weighted by molar-refractivity contribution is -0.101. The van der Waals surface area contributed by atoms with Crippen LogP contribution in [0.2, 0.25) is 0 Å². The predicted molar refractivity (Wildman–Crippen MR) is 73.1 cm³/mol. The molecule has 0 radical (unpaired) electrons. The quantitative estimate of drug-likeness (QED) is 0.822. The minimum atomic E-state index is -0.200. The zero-order valence-corrected chi connectivity index (χ0v) is 12.6. The Hall–Kier alpha value is -0.120. The molecule has 1 atom stereocenters. The lowest BCUT2D eigenvalue weighted by Crippen LogP contribution is -2.62. The largest absolute Gasteiger partial charge is 0.368 e. The molecule has 0 aromatic carbocycles. The van der Waals surface area contributed by atoms with Crippen LogP contribution < -0.4 is 5.73 Å². The van der Waals surface area contributed by atoms with Gasteiger partial charge in [0.15, 0.2) is 0 Å². The summed E-state index contributed by atoms with van der Waals surface area (Å²) < 4.78 is 6.22. The highest BCUT2D eigenvalue weighted by molar-refractivity contribution is 5.12. The van der Waals surface area contributed by atoms with E-state index in [4.69, 9.17) is 10.5 Å². The van der Waals surface area contributed by atoms with Crippen LogP contribution in [0.5, 0.6) is 0 Å². The lowest BCUT2D eigenvalue weighted by atomic mass is 9.77. The third kappa shape index (κ3) is 2.67. The zero-order chi connectivity index (χ0) is 13.5. The Morgan fingerprint density at radius 2 is 1.76 bits per heavy atom. The van der Waals surface area contributed by atoms with Gasteiger partial charge in [-0.1, -0.05) is 13.8 Å². The van der Waals surface area contributed by atoms with E-state index < -0.39 is 0 Å². The molecule has 0 bridgehead atoms. The fourth-order valence-corrected chi connectivity index (χ4v) is 3.53. The summed E-state index contributed by atoms with van der Waals surface area (Å²) in [4.78, 5) is 2.41. The molecule has 0 aromatic heterocycles. The first-order valence-corrected chi connectivity index (χ1v) is 6.68. The Morgan fingerprint density at radius 3 is 2.06 bits per heavy atom. The standard InChI is InChI=1S/C14H30N2O/c1-11(2)8-16(7)14(10-15)9-12(3,4)17-13(14,5)6/h11H,8-10,15H2,1-7H3. The Bertz CT molecular complexity index is 273. The molecule has 3 heteroatoms. The van der Waals surface area contributed by atoms with Crippen molar-refractivity contribution in [2.24, 2.45) is 11.7 Å². The van der Waals surface area contributed by atoms with Crippen LogP contribution in [0.1, 0.15) is 48.0 Å². The van der Waals surface area contributed by atoms with Crippen molar-refractivity contribution in [1.29, 1.82) is 0 Å². The van der Waals surface area contributed by atoms with Gasteiger partial charge in [0.25, 0.3) is 0 Å². The number of hydrogen-bond donors (Lipinski definition) is 1. The second kappa shape index (κ2) is 4.52. The summed E-state index contributed by atoms with van der Waals surface area (Å²) in [5.41, 5.74) is 5.78. The summed E-state index contributed by atoms with van der Waals surface area (Å²) in [7, 11) is 2.18. The smallest absolute Gasteiger partial charge is 0.0829 e. The molecule has 1 fully saturated rings. The van der Waals surface area contributed by atoms with E-state index >= 15 is 0 Å². The molecule has 17 heavy (non-hydrogen) atoms. The second-order valence-corrected chi connectivity index (χ2v) is 7.06. The van der Waals surface area contributed by atoms with Gasteiger partial charge in [-0.2, -0.15) is 0 Å². The topological polar surface area (TPSA) is 38.5 Å². The summed E-state index contributed by atoms with van der Waals surface area (Å²) in [5.74, 6) is 0.642. The SMILES string of the molecule is CC(C)CN(C)C1(CN)CC(C)(C)OC1(C)C. The van der Waals surface area contributed by atoms with Crippen LogP contribution in [0.4, 0.5) is 0 Å². The van der Waals surface area contributed by atoms with Gasteiger partial charge >= 0.3 is 0 Å². The molecule has 1 heterocycles. The highest BCUT2D eigenvalue weighted by atomic mass is 16.5. The van der Waals surface area contributed by atoms with Crippen LogP contribution in [-0.2, 0) is 4.74 Å². The molecule has 0 amide bonds. The van der Waals surface area contributed by atoms with Crippen molar-refractivity contribution in [1.82, 2.24) is 4.90 Å². The molecule has 1 aliphatic heterocycles. The molecular weight excluding hydrogens is 212 g/mol. The number of ether oxygens (including phenoxy) is 1. The third-order valence-electron chi connectivity index (χ3n) is 4.08. The van der Waals surface area contributed by atoms with Crippen molar-refractivity contribution >= 4 is 0 Å². The third-order valence-corrected chi connectivity index (χ3v) is 4.08. The average Bonchev–Trinajstić information content (AvgIpc) is 2.29. The zero-order valence-electron chi connectivity index (χ0n) is 12.6. The van der Waals surface area contributed by atoms with Crippen molar-refractivity contribution in [3.63, 3.8) is 0 Å². The van der Waals surface area contributed by atoms with Gasteiger partial charge in [0.05, 0.1) is 16.7 Å². The van der Waals surface area contributed by atoms with E-state index in [1.54, 1.807) is 0 Å². The lowest BCUT2D eigenvalue weighted by Gasteiger charge is -2.46. The van der Waals surface area contributed by atoms with E-state index in [9.17, 15) is 0 Å². The van der Waals surface area contributed by atoms with E-state index in [0.717, 1.165) is 13.0 Å². The van der Waals surface area contributed by atoms with Gasteiger partial charge in [0.2, 0.25) is 0 Å². The predicted octanol–water partition coefficient (Wildman–Crippen LogP) is 2.25. The summed E-state index contributed by atoms with van der Waals surface area (Å²) in [6, 6.07) is 0. The molecule has 3 nitrogen and oxygen atoms in total. The molecule has 0 aromatic rings. The van der Waals surface area contributed by atoms with Gasteiger partial charge in [0, 0.05) is 13.1 Å². The summed E-state index contributed by atoms with van der Waals surface area (Å²) in [5, 5.41) is 0. The first-order valence-electron chi connectivity index (χ1n) is 6.68. The highest BCUT2D eigenvalue weighted by Crippen LogP contribution is 2.47. The van der Waals surface area contributed by atoms with Gasteiger partial charge < -0.3 is 10.5 Å². The van der Waals surface area contributed by atoms with Gasteiger partial charge in [-0.25, -0.2) is 0 Å². The summed E-state index contributed by atoms with van der Waals surface area (Å²) >= 11 is 0. The van der Waals surface area contributed by atoms with Gasteiger partial charge in [0.1, 0.15) is 0 Å². The van der Waals surface area contributed by atoms with Crippen LogP contribution in [-0.4, -0.2) is 41.8 Å². The van der Waals surface area contributed by atoms with E-state index in [2.05, 4.69) is 53.5 Å². The monoisotopic (exact) mass is 242 g/mol. The molecule has 1 aliphatic rings. The Labute approximate surface area is 107 Å². The molecule has 0 aliphatic carbocycles. The molecule has 1 rings (SSSR count). The van der Waals surface area contributed by atoms with Gasteiger partial charge in [-0.05, 0) is 47.1 Å². The first kappa shape index (κ1) is 14.9. The molecule has 102 valence electrons. The molecule has 0 spiro atoms. The Morgan fingerprint density at radius 1 is 1.24 bits per heavy atom. The van der Waals surface area contributed by atoms with Crippen LogP contribution in [0.15, 0.2) is 0 Å². The number of nitrogens with two attached hydrogens (primary N) is 1. The Balaban J connectivity index is 3.02. The van der Waals surface area contributed by atoms with Crippen LogP contribution in [0, 0.1) is 5.92 Å². The number of hydrogen-bond acceptors (Lipinski definition) is 3. The first-order chi connectivity index (χ1) is 7.56. The van der Waals surface area contributed by atoms with E-state index in [1.807, 2.05) is 0 Å². The van der Waals surface area contributed by atoms with Crippen LogP contribution in [0.25, 0.3) is 0 Å². The van der Waals surface area contributed by atoms with E-state index in [-0.39, 0.29) is 16.7 Å². The number of likely N-dealkylation sites (N-methyl/N-ethyl adjacent to an activating group) is 1. The fourth-order valence-electron chi connectivity index (χ4n) is 3.53. The van der Waals surface area contributed by atoms with Crippen molar-refractivity contribution in [3.05, 3.63) is 0 Å². The van der Waals surface area contributed by atoms with Crippen molar-refractivity contribution in [2.45, 2.75) is 64.7 Å². The number of nitrogens with zero attached hydrogens (tertiary/aromatic N) is 1. The van der Waals surface area contributed by atoms with E-state index in [1.165, 1.54) is 0 Å². The maximum absolute atomic E-state index is 6.22. The highest BCUT2D eigenvalue weighted by Gasteiger charge is 2.58. The van der Waals surface area contributed by atoms with E-state index in [0.29, 0.717) is 12.5 Å². The minimum Gasteiger partial charge on any atom is -0.368 e. The van der Waals surface area contributed by atoms with Gasteiger partial charge in [-0.15, -0.1) is 0 Å². The maximum Gasteiger partial charge on any atom is 0.0829 e. The average molecular weight is 242 g/mol. The second-order valence-electron chi connectivity index (χ2n) is 7.06. The fraction of sp³-hybridized carbons (Fsp3) is 1.00. The van der Waals surface area contributed by atoms with Crippen molar-refractivity contribution in [3.8, 4) is 0 Å².